The van der Waals surface area contributed by atoms with Crippen molar-refractivity contribution in [1.29, 1.82) is 0 Å². The van der Waals surface area contributed by atoms with Gasteiger partial charge in [-0.25, -0.2) is 0 Å². The molecular formula is C18H27NO3. The number of ether oxygens (including phenoxy) is 2. The zero-order chi connectivity index (χ0) is 15.7. The van der Waals surface area contributed by atoms with Crippen molar-refractivity contribution >= 4 is 0 Å². The third-order valence-corrected chi connectivity index (χ3v) is 4.89. The van der Waals surface area contributed by atoms with Gasteiger partial charge in [0.2, 0.25) is 0 Å². The topological polar surface area (TPSA) is 41.9 Å². The van der Waals surface area contributed by atoms with Gasteiger partial charge in [-0.2, -0.15) is 0 Å². The standard InChI is InChI=1S/C18H27NO3/c1-12-9-19(10-13(2)22-12)11-15-5-4-14-8-16(21-3)6-7-17(14)18(15)20/h6-8,12-13,15,18,20H,4-5,9-11H2,1-3H3. The SMILES string of the molecule is COc1ccc2c(c1)CCC(CN1CC(C)OC(C)C1)C2O. The number of aliphatic hydroxyl groups is 1. The van der Waals surface area contributed by atoms with E-state index in [-0.39, 0.29) is 18.3 Å². The van der Waals surface area contributed by atoms with Crippen molar-refractivity contribution < 1.29 is 14.6 Å². The minimum atomic E-state index is -0.372. The molecule has 122 valence electrons. The van der Waals surface area contributed by atoms with E-state index in [4.69, 9.17) is 9.47 Å². The summed E-state index contributed by atoms with van der Waals surface area (Å²) in [7, 11) is 1.69. The molecule has 4 heteroatoms. The quantitative estimate of drug-likeness (QED) is 0.931. The normalized spacial score (nSPS) is 32.5. The number of morpholine rings is 1. The van der Waals surface area contributed by atoms with Crippen molar-refractivity contribution in [1.82, 2.24) is 4.90 Å². The summed E-state index contributed by atoms with van der Waals surface area (Å²) in [6, 6.07) is 6.03. The first-order valence-electron chi connectivity index (χ1n) is 8.29. The third kappa shape index (κ3) is 3.29. The Labute approximate surface area is 133 Å². The zero-order valence-electron chi connectivity index (χ0n) is 13.8. The molecule has 1 heterocycles. The summed E-state index contributed by atoms with van der Waals surface area (Å²) in [5.41, 5.74) is 2.30. The van der Waals surface area contributed by atoms with E-state index < -0.39 is 0 Å². The van der Waals surface area contributed by atoms with Gasteiger partial charge >= 0.3 is 0 Å². The first-order chi connectivity index (χ1) is 10.6. The molecular weight excluding hydrogens is 278 g/mol. The zero-order valence-corrected chi connectivity index (χ0v) is 13.8. The van der Waals surface area contributed by atoms with E-state index in [1.165, 1.54) is 5.56 Å². The highest BCUT2D eigenvalue weighted by Crippen LogP contribution is 2.36. The van der Waals surface area contributed by atoms with Crippen molar-refractivity contribution in [2.45, 2.75) is 45.0 Å². The van der Waals surface area contributed by atoms with E-state index >= 15 is 0 Å². The maximum absolute atomic E-state index is 10.7. The van der Waals surface area contributed by atoms with Crippen LogP contribution in [0.5, 0.6) is 5.75 Å². The van der Waals surface area contributed by atoms with Gasteiger partial charge in [-0.3, -0.25) is 4.90 Å². The fraction of sp³-hybridized carbons (Fsp3) is 0.667. The van der Waals surface area contributed by atoms with Crippen LogP contribution in [0.15, 0.2) is 18.2 Å². The Morgan fingerprint density at radius 1 is 1.27 bits per heavy atom. The minimum Gasteiger partial charge on any atom is -0.497 e. The first kappa shape index (κ1) is 15.8. The predicted octanol–water partition coefficient (Wildman–Crippen LogP) is 2.40. The average molecular weight is 305 g/mol. The maximum Gasteiger partial charge on any atom is 0.119 e. The largest absolute Gasteiger partial charge is 0.497 e. The lowest BCUT2D eigenvalue weighted by Crippen LogP contribution is -2.48. The van der Waals surface area contributed by atoms with Crippen LogP contribution in [0.3, 0.4) is 0 Å². The number of fused-ring (bicyclic) bond motifs is 1. The van der Waals surface area contributed by atoms with Gasteiger partial charge in [0.05, 0.1) is 25.4 Å². The smallest absolute Gasteiger partial charge is 0.119 e. The lowest BCUT2D eigenvalue weighted by molar-refractivity contribution is -0.0774. The van der Waals surface area contributed by atoms with E-state index in [1.54, 1.807) is 7.11 Å². The molecule has 22 heavy (non-hydrogen) atoms. The molecule has 1 aromatic carbocycles. The number of aliphatic hydroxyl groups excluding tert-OH is 1. The van der Waals surface area contributed by atoms with Crippen molar-refractivity contribution in [3.8, 4) is 5.75 Å². The average Bonchev–Trinajstić information content (AvgIpc) is 2.49. The Morgan fingerprint density at radius 3 is 2.68 bits per heavy atom. The second-order valence-corrected chi connectivity index (χ2v) is 6.78. The number of hydrogen-bond acceptors (Lipinski definition) is 4. The third-order valence-electron chi connectivity index (χ3n) is 4.89. The molecule has 4 unspecified atom stereocenters. The van der Waals surface area contributed by atoms with Gasteiger partial charge in [-0.05, 0) is 49.9 Å². The van der Waals surface area contributed by atoms with E-state index in [0.29, 0.717) is 5.92 Å². The van der Waals surface area contributed by atoms with Crippen LogP contribution in [-0.2, 0) is 11.2 Å². The van der Waals surface area contributed by atoms with Crippen LogP contribution in [-0.4, -0.2) is 49.0 Å². The van der Waals surface area contributed by atoms with E-state index in [0.717, 1.165) is 43.8 Å². The summed E-state index contributed by atoms with van der Waals surface area (Å²) in [6.45, 7) is 7.12. The highest BCUT2D eigenvalue weighted by Gasteiger charge is 2.31. The van der Waals surface area contributed by atoms with E-state index in [1.807, 2.05) is 12.1 Å². The fourth-order valence-electron chi connectivity index (χ4n) is 3.92. The van der Waals surface area contributed by atoms with Crippen LogP contribution < -0.4 is 4.74 Å². The molecule has 4 atom stereocenters. The molecule has 1 aliphatic carbocycles. The first-order valence-corrected chi connectivity index (χ1v) is 8.29. The maximum atomic E-state index is 10.7. The molecule has 0 aromatic heterocycles. The Kier molecular flexibility index (Phi) is 4.71. The molecule has 1 fully saturated rings. The van der Waals surface area contributed by atoms with Gasteiger partial charge in [0.1, 0.15) is 5.75 Å². The number of aryl methyl sites for hydroxylation is 1. The second-order valence-electron chi connectivity index (χ2n) is 6.78. The highest BCUT2D eigenvalue weighted by molar-refractivity contribution is 5.38. The number of nitrogens with zero attached hydrogens (tertiary/aromatic N) is 1. The molecule has 0 saturated carbocycles. The molecule has 3 rings (SSSR count). The molecule has 0 spiro atoms. The van der Waals surface area contributed by atoms with Crippen LogP contribution in [0.4, 0.5) is 0 Å². The number of rotatable bonds is 3. The van der Waals surface area contributed by atoms with Crippen LogP contribution in [0.25, 0.3) is 0 Å². The molecule has 0 radical (unpaired) electrons. The molecule has 0 amide bonds. The van der Waals surface area contributed by atoms with Crippen molar-refractivity contribution in [2.24, 2.45) is 5.92 Å². The number of hydrogen-bond donors (Lipinski definition) is 1. The van der Waals surface area contributed by atoms with Gasteiger partial charge in [0.15, 0.2) is 0 Å². The Morgan fingerprint density at radius 2 is 2.00 bits per heavy atom. The van der Waals surface area contributed by atoms with Gasteiger partial charge in [-0.15, -0.1) is 0 Å². The Bertz CT molecular complexity index is 509. The van der Waals surface area contributed by atoms with Gasteiger partial charge in [0.25, 0.3) is 0 Å². The lowest BCUT2D eigenvalue weighted by atomic mass is 9.81. The van der Waals surface area contributed by atoms with Gasteiger partial charge < -0.3 is 14.6 Å². The van der Waals surface area contributed by atoms with Gasteiger partial charge in [0, 0.05) is 25.6 Å². The molecule has 1 aromatic rings. The predicted molar refractivity (Wildman–Crippen MR) is 86.2 cm³/mol. The molecule has 1 aliphatic heterocycles. The second kappa shape index (κ2) is 6.57. The Balaban J connectivity index is 1.68. The molecule has 1 N–H and O–H groups in total. The molecule has 0 bridgehead atoms. The van der Waals surface area contributed by atoms with Crippen molar-refractivity contribution in [2.75, 3.05) is 26.7 Å². The number of benzene rings is 1. The summed E-state index contributed by atoms with van der Waals surface area (Å²) in [5, 5.41) is 10.7. The summed E-state index contributed by atoms with van der Waals surface area (Å²) in [6.07, 6.45) is 2.23. The van der Waals surface area contributed by atoms with Crippen molar-refractivity contribution in [3.05, 3.63) is 29.3 Å². The fourth-order valence-corrected chi connectivity index (χ4v) is 3.92. The van der Waals surface area contributed by atoms with E-state index in [2.05, 4.69) is 24.8 Å². The summed E-state index contributed by atoms with van der Waals surface area (Å²) in [4.78, 5) is 2.45. The van der Waals surface area contributed by atoms with E-state index in [9.17, 15) is 5.11 Å². The number of methoxy groups -OCH3 is 1. The highest BCUT2D eigenvalue weighted by atomic mass is 16.5. The molecule has 2 aliphatic rings. The van der Waals surface area contributed by atoms with Gasteiger partial charge in [-0.1, -0.05) is 6.07 Å². The van der Waals surface area contributed by atoms with Crippen LogP contribution in [0.1, 0.15) is 37.5 Å². The minimum absolute atomic E-state index is 0.279. The van der Waals surface area contributed by atoms with Crippen LogP contribution in [0, 0.1) is 5.92 Å². The van der Waals surface area contributed by atoms with Crippen molar-refractivity contribution in [3.63, 3.8) is 0 Å². The van der Waals surface area contributed by atoms with Crippen LogP contribution >= 0.6 is 0 Å². The van der Waals surface area contributed by atoms with Crippen LogP contribution in [0.2, 0.25) is 0 Å². The summed E-state index contributed by atoms with van der Waals surface area (Å²) >= 11 is 0. The summed E-state index contributed by atoms with van der Waals surface area (Å²) in [5.74, 6) is 1.18. The summed E-state index contributed by atoms with van der Waals surface area (Å²) < 4.78 is 11.1. The lowest BCUT2D eigenvalue weighted by Gasteiger charge is -2.39. The monoisotopic (exact) mass is 305 g/mol. The molecule has 1 saturated heterocycles. The molecule has 4 nitrogen and oxygen atoms in total. The Hall–Kier alpha value is -1.10.